The van der Waals surface area contributed by atoms with E-state index in [0.29, 0.717) is 33.2 Å². The van der Waals surface area contributed by atoms with Crippen molar-refractivity contribution < 1.29 is 41.0 Å². The van der Waals surface area contributed by atoms with Gasteiger partial charge in [0.1, 0.15) is 17.2 Å². The fourth-order valence-electron chi connectivity index (χ4n) is 3.56. The molecule has 8 nitrogen and oxygen atoms in total. The van der Waals surface area contributed by atoms with Crippen molar-refractivity contribution in [2.45, 2.75) is 12.6 Å². The van der Waals surface area contributed by atoms with Gasteiger partial charge in [-0.05, 0) is 41.1 Å². The number of hydrogen-bond acceptors (Lipinski definition) is 6. The minimum absolute atomic E-state index is 0.0428. The number of methoxy groups -OCH3 is 1. The van der Waals surface area contributed by atoms with E-state index < -0.39 is 57.5 Å². The summed E-state index contributed by atoms with van der Waals surface area (Å²) in [4.78, 5) is 37.8. The van der Waals surface area contributed by atoms with Gasteiger partial charge in [0.05, 0.1) is 29.1 Å². The molecule has 1 N–H and O–H groups in total. The molecule has 0 atom stereocenters. The van der Waals surface area contributed by atoms with Crippen LogP contribution in [0.4, 0.5) is 22.0 Å². The van der Waals surface area contributed by atoms with Crippen molar-refractivity contribution in [2.75, 3.05) is 13.7 Å². The van der Waals surface area contributed by atoms with Crippen LogP contribution in [-0.4, -0.2) is 29.2 Å². The first-order valence-electron chi connectivity index (χ1n) is 10.8. The molecule has 14 heteroatoms. The lowest BCUT2D eigenvalue weighted by molar-refractivity contribution is -0.143. The molecule has 39 heavy (non-hydrogen) atoms. The third-order valence-corrected chi connectivity index (χ3v) is 5.68. The molecule has 0 radical (unpaired) electrons. The van der Waals surface area contributed by atoms with Gasteiger partial charge in [0.2, 0.25) is 0 Å². The van der Waals surface area contributed by atoms with E-state index in [1.807, 2.05) is 0 Å². The van der Waals surface area contributed by atoms with Gasteiger partial charge in [-0.25, -0.2) is 22.9 Å². The number of esters is 1. The number of rotatable bonds is 7. The van der Waals surface area contributed by atoms with E-state index in [0.717, 1.165) is 6.07 Å². The standard InChI is InChI=1S/C25H16ClF5N2O6/c1-37-22(35)11-38-14-4-2-13-7-15(5-3-12(13)6-14)39-20-10-19(17(26)8-16(20)25(29,30)31)33-21(34)9-18(23(27)28)32-24(33)36/h2-10,23H,11H2,1H3,(H,32,36). The molecule has 3 aromatic carbocycles. The highest BCUT2D eigenvalue weighted by Crippen LogP contribution is 2.42. The number of fused-ring (bicyclic) bond motifs is 1. The predicted molar refractivity (Wildman–Crippen MR) is 129 cm³/mol. The molecule has 4 rings (SSSR count). The molecule has 0 aliphatic heterocycles. The molecule has 0 aliphatic rings. The molecule has 0 saturated heterocycles. The van der Waals surface area contributed by atoms with E-state index >= 15 is 0 Å². The van der Waals surface area contributed by atoms with Gasteiger partial charge in [0.15, 0.2) is 6.61 Å². The first-order chi connectivity index (χ1) is 18.4. The summed E-state index contributed by atoms with van der Waals surface area (Å²) in [7, 11) is 1.21. The van der Waals surface area contributed by atoms with E-state index in [-0.39, 0.29) is 12.4 Å². The summed E-state index contributed by atoms with van der Waals surface area (Å²) < 4.78 is 82.9. The third-order valence-electron chi connectivity index (χ3n) is 5.38. The first-order valence-corrected chi connectivity index (χ1v) is 11.2. The van der Waals surface area contributed by atoms with E-state index in [9.17, 15) is 36.3 Å². The van der Waals surface area contributed by atoms with Gasteiger partial charge < -0.3 is 19.2 Å². The smallest absolute Gasteiger partial charge is 0.420 e. The molecule has 204 valence electrons. The number of ether oxygens (including phenoxy) is 3. The fourth-order valence-corrected chi connectivity index (χ4v) is 3.81. The number of aromatic nitrogens is 2. The monoisotopic (exact) mass is 570 g/mol. The molecule has 1 heterocycles. The van der Waals surface area contributed by atoms with Crippen LogP contribution in [0.25, 0.3) is 16.5 Å². The van der Waals surface area contributed by atoms with Crippen molar-refractivity contribution in [1.82, 2.24) is 9.55 Å². The van der Waals surface area contributed by atoms with E-state index in [1.165, 1.54) is 31.4 Å². The first kappa shape index (κ1) is 27.6. The lowest BCUT2D eigenvalue weighted by Crippen LogP contribution is -2.34. The minimum atomic E-state index is -4.95. The Bertz CT molecular complexity index is 1650. The van der Waals surface area contributed by atoms with E-state index in [1.54, 1.807) is 17.1 Å². The topological polar surface area (TPSA) is 99.6 Å². The summed E-state index contributed by atoms with van der Waals surface area (Å²) >= 11 is 5.98. The highest BCUT2D eigenvalue weighted by Gasteiger charge is 2.36. The van der Waals surface area contributed by atoms with Crippen molar-refractivity contribution in [2.24, 2.45) is 0 Å². The number of benzene rings is 3. The van der Waals surface area contributed by atoms with Gasteiger partial charge >= 0.3 is 17.8 Å². The van der Waals surface area contributed by atoms with Crippen LogP contribution in [-0.2, 0) is 15.7 Å². The number of halogens is 6. The average molecular weight is 571 g/mol. The second-order valence-corrected chi connectivity index (χ2v) is 8.35. The Balaban J connectivity index is 1.75. The summed E-state index contributed by atoms with van der Waals surface area (Å²) in [6, 6.07) is 10.6. The van der Waals surface area contributed by atoms with Crippen molar-refractivity contribution >= 4 is 28.3 Å². The number of hydrogen-bond donors (Lipinski definition) is 1. The van der Waals surface area contributed by atoms with Crippen molar-refractivity contribution in [1.29, 1.82) is 0 Å². The third kappa shape index (κ3) is 6.03. The Hall–Kier alpha value is -4.39. The van der Waals surface area contributed by atoms with Crippen molar-refractivity contribution in [3.05, 3.63) is 91.7 Å². The Labute approximate surface area is 220 Å². The van der Waals surface area contributed by atoms with Crippen LogP contribution in [0.2, 0.25) is 5.02 Å². The molecular weight excluding hydrogens is 555 g/mol. The molecular formula is C25H16ClF5N2O6. The van der Waals surface area contributed by atoms with Crippen LogP contribution < -0.4 is 20.7 Å². The lowest BCUT2D eigenvalue weighted by atomic mass is 10.1. The predicted octanol–water partition coefficient (Wildman–Crippen LogP) is 5.63. The van der Waals surface area contributed by atoms with Crippen molar-refractivity contribution in [3.63, 3.8) is 0 Å². The van der Waals surface area contributed by atoms with Gasteiger partial charge in [0, 0.05) is 12.1 Å². The fraction of sp³-hybridized carbons (Fsp3) is 0.160. The lowest BCUT2D eigenvalue weighted by Gasteiger charge is -2.17. The Morgan fingerprint density at radius 3 is 2.23 bits per heavy atom. The number of nitrogens with one attached hydrogen (secondary N) is 1. The molecule has 0 bridgehead atoms. The number of H-pyrrole nitrogens is 1. The van der Waals surface area contributed by atoms with Gasteiger partial charge in [-0.15, -0.1) is 0 Å². The summed E-state index contributed by atoms with van der Waals surface area (Å²) in [5.41, 5.74) is -5.36. The molecule has 4 aromatic rings. The average Bonchev–Trinajstić information content (AvgIpc) is 2.87. The quantitative estimate of drug-likeness (QED) is 0.228. The van der Waals surface area contributed by atoms with Crippen molar-refractivity contribution in [3.8, 4) is 22.9 Å². The normalized spacial score (nSPS) is 11.6. The van der Waals surface area contributed by atoms with Crippen LogP contribution in [0.15, 0.2) is 64.2 Å². The highest BCUT2D eigenvalue weighted by atomic mass is 35.5. The van der Waals surface area contributed by atoms with Crippen LogP contribution in [0, 0.1) is 0 Å². The summed E-state index contributed by atoms with van der Waals surface area (Å²) in [5.74, 6) is -1.09. The Morgan fingerprint density at radius 2 is 1.64 bits per heavy atom. The van der Waals surface area contributed by atoms with Crippen LogP contribution in [0.3, 0.4) is 0 Å². The maximum atomic E-state index is 13.8. The Kier molecular flexibility index (Phi) is 7.63. The van der Waals surface area contributed by atoms with E-state index in [2.05, 4.69) is 4.74 Å². The number of aromatic amines is 1. The second kappa shape index (κ2) is 10.8. The maximum absolute atomic E-state index is 13.8. The van der Waals surface area contributed by atoms with Crippen LogP contribution >= 0.6 is 11.6 Å². The molecule has 0 fully saturated rings. The number of alkyl halides is 5. The summed E-state index contributed by atoms with van der Waals surface area (Å²) in [6.07, 6.45) is -8.11. The second-order valence-electron chi connectivity index (χ2n) is 7.94. The van der Waals surface area contributed by atoms with Crippen LogP contribution in [0.1, 0.15) is 17.7 Å². The number of carbonyl (C=O) groups excluding carboxylic acids is 1. The zero-order chi connectivity index (χ0) is 28.5. The zero-order valence-electron chi connectivity index (χ0n) is 19.6. The molecule has 0 unspecified atom stereocenters. The maximum Gasteiger partial charge on any atom is 0.420 e. The van der Waals surface area contributed by atoms with Gasteiger partial charge in [0.25, 0.3) is 12.0 Å². The summed E-state index contributed by atoms with van der Waals surface area (Å²) in [5, 5.41) is 0.496. The van der Waals surface area contributed by atoms with Crippen LogP contribution in [0.5, 0.6) is 17.2 Å². The highest BCUT2D eigenvalue weighted by molar-refractivity contribution is 6.32. The summed E-state index contributed by atoms with van der Waals surface area (Å²) in [6.45, 7) is -0.320. The number of nitrogens with zero attached hydrogens (tertiary/aromatic N) is 1. The van der Waals surface area contributed by atoms with Gasteiger partial charge in [-0.3, -0.25) is 4.79 Å². The molecule has 0 spiro atoms. The zero-order valence-corrected chi connectivity index (χ0v) is 20.4. The molecule has 0 saturated carbocycles. The Morgan fingerprint density at radius 1 is 1.00 bits per heavy atom. The SMILES string of the molecule is COC(=O)COc1ccc2cc(Oc3cc(-n4c(=O)cc(C(F)F)[nH]c4=O)c(Cl)cc3C(F)(F)F)ccc2c1. The van der Waals surface area contributed by atoms with Gasteiger partial charge in [-0.1, -0.05) is 23.7 Å². The minimum Gasteiger partial charge on any atom is -0.482 e. The molecule has 0 amide bonds. The molecule has 0 aliphatic carbocycles. The largest absolute Gasteiger partial charge is 0.482 e. The molecule has 1 aromatic heterocycles. The van der Waals surface area contributed by atoms with E-state index in [4.69, 9.17) is 21.1 Å². The van der Waals surface area contributed by atoms with Gasteiger partial charge in [-0.2, -0.15) is 13.2 Å². The number of carbonyl (C=O) groups is 1.